The summed E-state index contributed by atoms with van der Waals surface area (Å²) in [6.07, 6.45) is 0. The highest BCUT2D eigenvalue weighted by molar-refractivity contribution is 7.91. The molecule has 5 nitrogen and oxygen atoms in total. The molecule has 0 saturated heterocycles. The molecule has 0 aromatic heterocycles. The van der Waals surface area contributed by atoms with E-state index in [4.69, 9.17) is 9.47 Å². The molecule has 2 aromatic rings. The second-order valence-corrected chi connectivity index (χ2v) is 6.23. The van der Waals surface area contributed by atoms with E-state index < -0.39 is 9.84 Å². The fourth-order valence-electron chi connectivity index (χ4n) is 1.95. The Hall–Kier alpha value is -2.05. The van der Waals surface area contributed by atoms with Crippen molar-refractivity contribution in [2.24, 2.45) is 0 Å². The zero-order valence-corrected chi connectivity index (χ0v) is 12.6. The van der Waals surface area contributed by atoms with Crippen molar-refractivity contribution in [2.75, 3.05) is 14.2 Å². The van der Waals surface area contributed by atoms with Crippen LogP contribution in [0.15, 0.2) is 52.3 Å². The molecule has 0 unspecified atom stereocenters. The highest BCUT2D eigenvalue weighted by Gasteiger charge is 2.21. The number of aliphatic hydroxyl groups is 1. The van der Waals surface area contributed by atoms with Gasteiger partial charge in [-0.25, -0.2) is 8.42 Å². The number of methoxy groups -OCH3 is 2. The van der Waals surface area contributed by atoms with Gasteiger partial charge in [0.1, 0.15) is 11.5 Å². The first kappa shape index (κ1) is 15.3. The first-order valence-corrected chi connectivity index (χ1v) is 7.68. The Bertz CT molecular complexity index is 720. The van der Waals surface area contributed by atoms with Crippen molar-refractivity contribution in [1.29, 1.82) is 0 Å². The molecule has 0 spiro atoms. The van der Waals surface area contributed by atoms with Gasteiger partial charge in [0.15, 0.2) is 0 Å². The van der Waals surface area contributed by atoms with Gasteiger partial charge in [-0.15, -0.1) is 0 Å². The molecule has 0 bridgehead atoms. The van der Waals surface area contributed by atoms with Crippen molar-refractivity contribution in [2.45, 2.75) is 16.4 Å². The zero-order valence-electron chi connectivity index (χ0n) is 11.7. The summed E-state index contributed by atoms with van der Waals surface area (Å²) in [4.78, 5) is 0.208. The lowest BCUT2D eigenvalue weighted by Crippen LogP contribution is -2.06. The summed E-state index contributed by atoms with van der Waals surface area (Å²) < 4.78 is 35.3. The third kappa shape index (κ3) is 3.01. The minimum absolute atomic E-state index is 0.0657. The topological polar surface area (TPSA) is 72.8 Å². The third-order valence-corrected chi connectivity index (χ3v) is 4.97. The summed E-state index contributed by atoms with van der Waals surface area (Å²) >= 11 is 0. The van der Waals surface area contributed by atoms with Gasteiger partial charge in [0.25, 0.3) is 0 Å². The van der Waals surface area contributed by atoms with Crippen LogP contribution in [0, 0.1) is 0 Å². The van der Waals surface area contributed by atoms with Crippen molar-refractivity contribution in [3.63, 3.8) is 0 Å². The van der Waals surface area contributed by atoms with Crippen LogP contribution in [0.4, 0.5) is 0 Å². The molecule has 0 saturated carbocycles. The molecule has 6 heteroatoms. The van der Waals surface area contributed by atoms with Crippen molar-refractivity contribution >= 4 is 9.84 Å². The van der Waals surface area contributed by atoms with Crippen LogP contribution in [0.1, 0.15) is 5.56 Å². The van der Waals surface area contributed by atoms with E-state index in [-0.39, 0.29) is 16.4 Å². The number of rotatable bonds is 5. The van der Waals surface area contributed by atoms with Crippen molar-refractivity contribution in [3.8, 4) is 11.5 Å². The highest BCUT2D eigenvalue weighted by Crippen LogP contribution is 2.28. The summed E-state index contributed by atoms with van der Waals surface area (Å²) in [5.74, 6) is 1.07. The van der Waals surface area contributed by atoms with Gasteiger partial charge in [-0.1, -0.05) is 0 Å². The number of hydrogen-bond acceptors (Lipinski definition) is 5. The maximum atomic E-state index is 12.6. The van der Waals surface area contributed by atoms with Crippen molar-refractivity contribution in [3.05, 3.63) is 48.0 Å². The monoisotopic (exact) mass is 308 g/mol. The first-order valence-electron chi connectivity index (χ1n) is 6.20. The zero-order chi connectivity index (χ0) is 15.5. The normalized spacial score (nSPS) is 11.2. The largest absolute Gasteiger partial charge is 0.497 e. The van der Waals surface area contributed by atoms with E-state index in [2.05, 4.69) is 0 Å². The molecule has 0 aliphatic heterocycles. The lowest BCUT2D eigenvalue weighted by molar-refractivity contribution is 0.277. The van der Waals surface area contributed by atoms with E-state index >= 15 is 0 Å². The Labute approximate surface area is 123 Å². The molecule has 0 heterocycles. The minimum atomic E-state index is -3.70. The van der Waals surface area contributed by atoms with Crippen LogP contribution < -0.4 is 9.47 Å². The van der Waals surface area contributed by atoms with Crippen LogP contribution in [-0.4, -0.2) is 27.7 Å². The summed E-state index contributed by atoms with van der Waals surface area (Å²) in [7, 11) is -0.712. The molecule has 0 aliphatic rings. The molecule has 112 valence electrons. The maximum Gasteiger partial charge on any atom is 0.206 e. The van der Waals surface area contributed by atoms with Crippen LogP contribution in [0.2, 0.25) is 0 Å². The van der Waals surface area contributed by atoms with Crippen LogP contribution >= 0.6 is 0 Å². The standard InChI is InChI=1S/C15H16O5S/c1-19-12-3-6-14(7-4-12)21(17,18)15-8-5-13(20-2)9-11(15)10-16/h3-9,16H,10H2,1-2H3. The lowest BCUT2D eigenvalue weighted by Gasteiger charge is -2.11. The summed E-state index contributed by atoms with van der Waals surface area (Å²) in [6, 6.07) is 10.6. The Morgan fingerprint density at radius 1 is 0.952 bits per heavy atom. The van der Waals surface area contributed by atoms with Gasteiger partial charge >= 0.3 is 0 Å². The molecule has 0 atom stereocenters. The fraction of sp³-hybridized carbons (Fsp3) is 0.200. The van der Waals surface area contributed by atoms with Crippen LogP contribution in [-0.2, 0) is 16.4 Å². The predicted molar refractivity (Wildman–Crippen MR) is 77.4 cm³/mol. The number of benzene rings is 2. The van der Waals surface area contributed by atoms with Crippen molar-refractivity contribution < 1.29 is 23.0 Å². The maximum absolute atomic E-state index is 12.6. The van der Waals surface area contributed by atoms with E-state index in [0.29, 0.717) is 17.1 Å². The van der Waals surface area contributed by atoms with Gasteiger partial charge in [0, 0.05) is 5.56 Å². The number of aliphatic hydroxyl groups excluding tert-OH is 1. The smallest absolute Gasteiger partial charge is 0.206 e. The quantitative estimate of drug-likeness (QED) is 0.915. The third-order valence-electron chi connectivity index (χ3n) is 3.10. The minimum Gasteiger partial charge on any atom is -0.497 e. The predicted octanol–water partition coefficient (Wildman–Crippen LogP) is 2.03. The van der Waals surface area contributed by atoms with E-state index in [9.17, 15) is 13.5 Å². The Morgan fingerprint density at radius 3 is 2.05 bits per heavy atom. The number of ether oxygens (including phenoxy) is 2. The molecule has 0 amide bonds. The molecule has 2 rings (SSSR count). The molecule has 21 heavy (non-hydrogen) atoms. The SMILES string of the molecule is COc1ccc(S(=O)(=O)c2ccc(OC)cc2CO)cc1. The van der Waals surface area contributed by atoms with Crippen LogP contribution in [0.5, 0.6) is 11.5 Å². The Morgan fingerprint density at radius 2 is 1.52 bits per heavy atom. The number of hydrogen-bond donors (Lipinski definition) is 1. The van der Waals surface area contributed by atoms with E-state index in [0.717, 1.165) is 0 Å². The second kappa shape index (κ2) is 6.15. The van der Waals surface area contributed by atoms with Crippen molar-refractivity contribution in [1.82, 2.24) is 0 Å². The van der Waals surface area contributed by atoms with Gasteiger partial charge in [0.2, 0.25) is 9.84 Å². The molecule has 1 N–H and O–H groups in total. The molecular weight excluding hydrogens is 292 g/mol. The van der Waals surface area contributed by atoms with Crippen LogP contribution in [0.3, 0.4) is 0 Å². The Kier molecular flexibility index (Phi) is 4.50. The summed E-state index contributed by atoms with van der Waals surface area (Å²) in [5, 5.41) is 9.39. The van der Waals surface area contributed by atoms with Gasteiger partial charge in [0.05, 0.1) is 30.6 Å². The first-order chi connectivity index (χ1) is 10.0. The van der Waals surface area contributed by atoms with Gasteiger partial charge in [-0.3, -0.25) is 0 Å². The molecular formula is C15H16O5S. The second-order valence-electron chi connectivity index (χ2n) is 4.31. The molecule has 0 aliphatic carbocycles. The highest BCUT2D eigenvalue weighted by atomic mass is 32.2. The summed E-state index contributed by atoms with van der Waals surface area (Å²) in [6.45, 7) is -0.387. The Balaban J connectivity index is 2.52. The lowest BCUT2D eigenvalue weighted by atomic mass is 10.2. The van der Waals surface area contributed by atoms with Gasteiger partial charge in [-0.05, 0) is 42.5 Å². The van der Waals surface area contributed by atoms with Gasteiger partial charge in [-0.2, -0.15) is 0 Å². The van der Waals surface area contributed by atoms with E-state index in [1.165, 1.54) is 38.5 Å². The average Bonchev–Trinajstić information content (AvgIpc) is 2.54. The summed E-state index contributed by atoms with van der Waals surface area (Å²) in [5.41, 5.74) is 0.296. The number of sulfone groups is 1. The van der Waals surface area contributed by atoms with Gasteiger partial charge < -0.3 is 14.6 Å². The molecule has 0 fully saturated rings. The van der Waals surface area contributed by atoms with E-state index in [1.54, 1.807) is 18.2 Å². The van der Waals surface area contributed by atoms with Crippen LogP contribution in [0.25, 0.3) is 0 Å². The molecule has 2 aromatic carbocycles. The fourth-order valence-corrected chi connectivity index (χ4v) is 3.41. The average molecular weight is 308 g/mol. The molecule has 0 radical (unpaired) electrons. The van der Waals surface area contributed by atoms with E-state index in [1.807, 2.05) is 0 Å².